The zero-order valence-corrected chi connectivity index (χ0v) is 19.0. The van der Waals surface area contributed by atoms with Crippen molar-refractivity contribution in [2.45, 2.75) is 26.2 Å². The minimum atomic E-state index is -0.630. The number of carbonyl (C=O) groups is 4. The summed E-state index contributed by atoms with van der Waals surface area (Å²) in [6, 6.07) is 15.3. The largest absolute Gasteiger partial charge is 0.466 e. The molecule has 3 rings (SSSR count). The first kappa shape index (κ1) is 26.0. The van der Waals surface area contributed by atoms with Crippen LogP contribution < -0.4 is 21.3 Å². The summed E-state index contributed by atoms with van der Waals surface area (Å²) >= 11 is 0. The highest BCUT2D eigenvalue weighted by atomic mass is 16.5. The normalized spacial score (nSPS) is 12.3. The van der Waals surface area contributed by atoms with E-state index >= 15 is 0 Å². The van der Waals surface area contributed by atoms with Gasteiger partial charge in [-0.05, 0) is 49.7 Å². The molecule has 1 aliphatic heterocycles. The van der Waals surface area contributed by atoms with E-state index in [0.717, 1.165) is 18.7 Å². The number of hydrogen-bond donors (Lipinski definition) is 4. The van der Waals surface area contributed by atoms with Crippen LogP contribution in [0.3, 0.4) is 0 Å². The molecule has 1 fully saturated rings. The smallest absolute Gasteiger partial charge is 0.312 e. The number of urea groups is 1. The summed E-state index contributed by atoms with van der Waals surface area (Å²) in [6.07, 6.45) is 1.63. The molecule has 0 aromatic heterocycles. The average molecular weight is 468 g/mol. The van der Waals surface area contributed by atoms with Gasteiger partial charge in [-0.1, -0.05) is 18.2 Å². The topological polar surface area (TPSA) is 155 Å². The van der Waals surface area contributed by atoms with Crippen molar-refractivity contribution in [1.29, 1.82) is 5.41 Å². The predicted octanol–water partition coefficient (Wildman–Crippen LogP) is 2.18. The number of ether oxygens (including phenoxy) is 1. The van der Waals surface area contributed by atoms with Crippen LogP contribution >= 0.6 is 0 Å². The molecule has 180 valence electrons. The molecule has 1 heterocycles. The first-order chi connectivity index (χ1) is 16.3. The molecule has 0 saturated carbocycles. The zero-order valence-electron chi connectivity index (χ0n) is 19.0. The van der Waals surface area contributed by atoms with Gasteiger partial charge >= 0.3 is 12.0 Å². The molecule has 2 aromatic rings. The fourth-order valence-electron chi connectivity index (χ4n) is 3.10. The number of amidine groups is 1. The summed E-state index contributed by atoms with van der Waals surface area (Å²) in [5, 5.41) is 12.9. The van der Waals surface area contributed by atoms with E-state index in [1.165, 1.54) is 0 Å². The summed E-state index contributed by atoms with van der Waals surface area (Å²) in [5.41, 5.74) is 6.69. The summed E-state index contributed by atoms with van der Waals surface area (Å²) in [6.45, 7) is 3.04. The Hall–Kier alpha value is -4.21. The number of amides is 4. The van der Waals surface area contributed by atoms with Crippen LogP contribution in [0.25, 0.3) is 0 Å². The average Bonchev–Trinajstić information content (AvgIpc) is 3.26. The lowest BCUT2D eigenvalue weighted by Gasteiger charge is -2.16. The maximum Gasteiger partial charge on any atom is 0.312 e. The van der Waals surface area contributed by atoms with Gasteiger partial charge in [0.05, 0.1) is 13.0 Å². The van der Waals surface area contributed by atoms with Gasteiger partial charge in [0.2, 0.25) is 5.91 Å². The van der Waals surface area contributed by atoms with E-state index in [9.17, 15) is 19.2 Å². The van der Waals surface area contributed by atoms with Gasteiger partial charge in [-0.3, -0.25) is 19.8 Å². The van der Waals surface area contributed by atoms with Gasteiger partial charge in [0.25, 0.3) is 5.91 Å². The quantitative estimate of drug-likeness (QED) is 0.279. The van der Waals surface area contributed by atoms with E-state index in [0.29, 0.717) is 24.2 Å². The molecular formula is C24H29N5O5. The lowest BCUT2D eigenvalue weighted by Crippen LogP contribution is -2.31. The van der Waals surface area contributed by atoms with Crippen LogP contribution in [0.5, 0.6) is 0 Å². The van der Waals surface area contributed by atoms with E-state index < -0.39 is 6.03 Å². The van der Waals surface area contributed by atoms with Crippen molar-refractivity contribution in [3.8, 4) is 0 Å². The van der Waals surface area contributed by atoms with Crippen LogP contribution in [-0.4, -0.2) is 49.3 Å². The van der Waals surface area contributed by atoms with Crippen LogP contribution in [0.15, 0.2) is 54.6 Å². The zero-order chi connectivity index (χ0) is 24.9. The van der Waals surface area contributed by atoms with Gasteiger partial charge in [0, 0.05) is 36.3 Å². The van der Waals surface area contributed by atoms with Crippen molar-refractivity contribution in [3.05, 3.63) is 65.7 Å². The SMILES string of the molecule is CCOC(=O)CCNC(N)=O.N=C(NC(=O)c1ccccc1)c1ccc(N2CCCC2=O)cc1. The molecule has 10 nitrogen and oxygen atoms in total. The number of nitrogens with two attached hydrogens (primary N) is 1. The molecule has 0 bridgehead atoms. The van der Waals surface area contributed by atoms with E-state index in [2.05, 4.69) is 15.4 Å². The third kappa shape index (κ3) is 8.38. The number of rotatable bonds is 7. The molecular weight excluding hydrogens is 438 g/mol. The van der Waals surface area contributed by atoms with Crippen LogP contribution in [-0.2, 0) is 14.3 Å². The van der Waals surface area contributed by atoms with Crippen molar-refractivity contribution in [2.75, 3.05) is 24.6 Å². The molecule has 1 aliphatic rings. The third-order valence-corrected chi connectivity index (χ3v) is 4.75. The van der Waals surface area contributed by atoms with E-state index in [4.69, 9.17) is 11.1 Å². The molecule has 5 N–H and O–H groups in total. The molecule has 4 amide bonds. The van der Waals surface area contributed by atoms with E-state index in [-0.39, 0.29) is 36.6 Å². The highest BCUT2D eigenvalue weighted by Gasteiger charge is 2.21. The Morgan fingerprint density at radius 1 is 1.06 bits per heavy atom. The number of primary amides is 1. The van der Waals surface area contributed by atoms with Crippen molar-refractivity contribution in [2.24, 2.45) is 5.73 Å². The number of carbonyl (C=O) groups excluding carboxylic acids is 4. The fraction of sp³-hybridized carbons (Fsp3) is 0.292. The molecule has 0 spiro atoms. The minimum Gasteiger partial charge on any atom is -0.466 e. The van der Waals surface area contributed by atoms with Gasteiger partial charge < -0.3 is 26.0 Å². The molecule has 1 saturated heterocycles. The lowest BCUT2D eigenvalue weighted by atomic mass is 10.1. The second-order valence-corrected chi connectivity index (χ2v) is 7.24. The maximum atomic E-state index is 12.0. The van der Waals surface area contributed by atoms with E-state index in [1.807, 2.05) is 18.2 Å². The summed E-state index contributed by atoms with van der Waals surface area (Å²) in [7, 11) is 0. The minimum absolute atomic E-state index is 0.0400. The molecule has 0 unspecified atom stereocenters. The lowest BCUT2D eigenvalue weighted by molar-refractivity contribution is -0.142. The predicted molar refractivity (Wildman–Crippen MR) is 128 cm³/mol. The Labute approximate surface area is 198 Å². The van der Waals surface area contributed by atoms with Crippen LogP contribution in [0, 0.1) is 5.41 Å². The number of nitrogens with one attached hydrogen (secondary N) is 3. The highest BCUT2D eigenvalue weighted by molar-refractivity contribution is 6.11. The fourth-order valence-corrected chi connectivity index (χ4v) is 3.10. The second-order valence-electron chi connectivity index (χ2n) is 7.24. The monoisotopic (exact) mass is 467 g/mol. The number of nitrogens with zero attached hydrogens (tertiary/aromatic N) is 1. The Balaban J connectivity index is 0.000000316. The Morgan fingerprint density at radius 2 is 1.74 bits per heavy atom. The summed E-state index contributed by atoms with van der Waals surface area (Å²) < 4.78 is 4.59. The Morgan fingerprint density at radius 3 is 2.29 bits per heavy atom. The van der Waals surface area contributed by atoms with Gasteiger partial charge in [-0.15, -0.1) is 0 Å². The highest BCUT2D eigenvalue weighted by Crippen LogP contribution is 2.21. The maximum absolute atomic E-state index is 12.0. The van der Waals surface area contributed by atoms with Crippen molar-refractivity contribution in [3.63, 3.8) is 0 Å². The Bertz CT molecular complexity index is 1010. The number of benzene rings is 2. The second kappa shape index (κ2) is 13.4. The summed E-state index contributed by atoms with van der Waals surface area (Å²) in [4.78, 5) is 46.2. The third-order valence-electron chi connectivity index (χ3n) is 4.75. The van der Waals surface area contributed by atoms with Crippen molar-refractivity contribution < 1.29 is 23.9 Å². The molecule has 34 heavy (non-hydrogen) atoms. The van der Waals surface area contributed by atoms with Crippen LogP contribution in [0.4, 0.5) is 10.5 Å². The van der Waals surface area contributed by atoms with Crippen LogP contribution in [0.1, 0.15) is 42.1 Å². The molecule has 0 aliphatic carbocycles. The van der Waals surface area contributed by atoms with Gasteiger partial charge in [0.1, 0.15) is 5.84 Å². The van der Waals surface area contributed by atoms with Crippen molar-refractivity contribution >= 4 is 35.3 Å². The Kier molecular flexibility index (Phi) is 10.2. The molecule has 0 atom stereocenters. The first-order valence-corrected chi connectivity index (χ1v) is 10.9. The van der Waals surface area contributed by atoms with Gasteiger partial charge in [-0.2, -0.15) is 0 Å². The first-order valence-electron chi connectivity index (χ1n) is 10.9. The standard InChI is InChI=1S/C18H17N3O2.C6H12N2O3/c19-17(20-18(23)14-5-2-1-3-6-14)13-8-10-15(11-9-13)21-12-4-7-16(21)22;1-2-11-5(9)3-4-8-6(7)10/h1-3,5-6,8-11H,4,7,12H2,(H2,19,20,23);2-4H2,1H3,(H3,7,8,10). The van der Waals surface area contributed by atoms with Crippen molar-refractivity contribution in [1.82, 2.24) is 10.6 Å². The van der Waals surface area contributed by atoms with Gasteiger partial charge in [-0.25, -0.2) is 4.79 Å². The van der Waals surface area contributed by atoms with E-state index in [1.54, 1.807) is 48.2 Å². The number of anilines is 1. The summed E-state index contributed by atoms with van der Waals surface area (Å²) in [5.74, 6) is -0.473. The van der Waals surface area contributed by atoms with Crippen LogP contribution in [0.2, 0.25) is 0 Å². The molecule has 0 radical (unpaired) electrons. The molecule has 2 aromatic carbocycles. The number of esters is 1. The molecule has 10 heteroatoms. The van der Waals surface area contributed by atoms with Gasteiger partial charge in [0.15, 0.2) is 0 Å². The number of hydrogen-bond acceptors (Lipinski definition) is 6.